The maximum atomic E-state index is 12.9. The first kappa shape index (κ1) is 17.5. The van der Waals surface area contributed by atoms with Crippen LogP contribution in [0.3, 0.4) is 0 Å². The van der Waals surface area contributed by atoms with Crippen molar-refractivity contribution < 1.29 is 9.18 Å². The van der Waals surface area contributed by atoms with Crippen LogP contribution in [-0.4, -0.2) is 51.8 Å². The highest BCUT2D eigenvalue weighted by Gasteiger charge is 2.22. The zero-order valence-electron chi connectivity index (χ0n) is 14.3. The third kappa shape index (κ3) is 5.63. The van der Waals surface area contributed by atoms with Gasteiger partial charge in [0, 0.05) is 19.6 Å². The fourth-order valence-electron chi connectivity index (χ4n) is 3.29. The quantitative estimate of drug-likeness (QED) is 0.826. The second-order valence-corrected chi connectivity index (χ2v) is 6.59. The predicted octanol–water partition coefficient (Wildman–Crippen LogP) is 1.49. The van der Waals surface area contributed by atoms with E-state index < -0.39 is 0 Å². The van der Waals surface area contributed by atoms with Gasteiger partial charge in [0.1, 0.15) is 18.5 Å². The maximum Gasteiger partial charge on any atom is 0.234 e. The first-order valence-corrected chi connectivity index (χ1v) is 8.75. The molecule has 0 saturated carbocycles. The smallest absolute Gasteiger partial charge is 0.234 e. The van der Waals surface area contributed by atoms with Crippen LogP contribution in [0, 0.1) is 11.7 Å². The van der Waals surface area contributed by atoms with Crippen molar-refractivity contribution in [3.8, 4) is 0 Å². The van der Waals surface area contributed by atoms with Crippen LogP contribution in [0.25, 0.3) is 0 Å². The summed E-state index contributed by atoms with van der Waals surface area (Å²) in [7, 11) is 0. The predicted molar refractivity (Wildman–Crippen MR) is 92.3 cm³/mol. The molecule has 0 aliphatic carbocycles. The van der Waals surface area contributed by atoms with E-state index in [9.17, 15) is 9.18 Å². The molecule has 134 valence electrons. The molecule has 1 aliphatic heterocycles. The molecule has 1 aromatic heterocycles. The molecule has 3 rings (SSSR count). The molecule has 0 unspecified atom stereocenters. The van der Waals surface area contributed by atoms with Gasteiger partial charge >= 0.3 is 0 Å². The summed E-state index contributed by atoms with van der Waals surface area (Å²) in [4.78, 5) is 18.3. The van der Waals surface area contributed by atoms with Crippen LogP contribution in [0.15, 0.2) is 36.9 Å². The lowest BCUT2D eigenvalue weighted by Gasteiger charge is -2.32. The molecule has 1 amide bonds. The van der Waals surface area contributed by atoms with Gasteiger partial charge in [-0.25, -0.2) is 9.37 Å². The van der Waals surface area contributed by atoms with E-state index >= 15 is 0 Å². The number of hydrogen-bond acceptors (Lipinski definition) is 4. The van der Waals surface area contributed by atoms with E-state index in [2.05, 4.69) is 20.3 Å². The first-order valence-electron chi connectivity index (χ1n) is 8.75. The minimum absolute atomic E-state index is 0.0449. The number of rotatable bonds is 7. The Balaban J connectivity index is 1.37. The summed E-state index contributed by atoms with van der Waals surface area (Å²) in [5, 5.41) is 7.11. The van der Waals surface area contributed by atoms with Crippen molar-refractivity contribution in [3.63, 3.8) is 0 Å². The van der Waals surface area contributed by atoms with Gasteiger partial charge in [0.2, 0.25) is 5.91 Å². The van der Waals surface area contributed by atoms with Crippen molar-refractivity contribution in [2.45, 2.75) is 25.8 Å². The number of nitrogens with one attached hydrogen (secondary N) is 1. The number of piperidine rings is 1. The number of hydrogen-bond donors (Lipinski definition) is 1. The van der Waals surface area contributed by atoms with Crippen LogP contribution in [0.2, 0.25) is 0 Å². The molecule has 0 spiro atoms. The molecule has 1 atom stereocenters. The van der Waals surface area contributed by atoms with Gasteiger partial charge in [-0.15, -0.1) is 0 Å². The molecule has 0 radical (unpaired) electrons. The fraction of sp³-hybridized carbons (Fsp3) is 0.500. The zero-order chi connectivity index (χ0) is 17.5. The van der Waals surface area contributed by atoms with Gasteiger partial charge in [-0.05, 0) is 49.4 Å². The molecule has 2 heterocycles. The number of nitrogens with zero attached hydrogens (tertiary/aromatic N) is 4. The summed E-state index contributed by atoms with van der Waals surface area (Å²) >= 11 is 0. The maximum absolute atomic E-state index is 12.9. The largest absolute Gasteiger partial charge is 0.355 e. The molecular formula is C18H24FN5O. The van der Waals surface area contributed by atoms with E-state index in [0.717, 1.165) is 38.0 Å². The van der Waals surface area contributed by atoms with E-state index in [0.29, 0.717) is 25.4 Å². The van der Waals surface area contributed by atoms with Crippen LogP contribution >= 0.6 is 0 Å². The van der Waals surface area contributed by atoms with Crippen molar-refractivity contribution >= 4 is 5.91 Å². The summed E-state index contributed by atoms with van der Waals surface area (Å²) in [6, 6.07) is 6.39. The molecule has 7 heteroatoms. The van der Waals surface area contributed by atoms with Gasteiger partial charge in [-0.2, -0.15) is 5.10 Å². The number of carbonyl (C=O) groups excluding carboxylic acids is 1. The highest BCUT2D eigenvalue weighted by atomic mass is 19.1. The molecule has 1 aromatic carbocycles. The second-order valence-electron chi connectivity index (χ2n) is 6.59. The van der Waals surface area contributed by atoms with Crippen LogP contribution in [0.4, 0.5) is 4.39 Å². The van der Waals surface area contributed by atoms with Crippen molar-refractivity contribution in [3.05, 3.63) is 48.3 Å². The van der Waals surface area contributed by atoms with Crippen molar-refractivity contribution in [2.24, 2.45) is 5.92 Å². The summed E-state index contributed by atoms with van der Waals surface area (Å²) in [5.74, 6) is 0.310. The molecule has 1 saturated heterocycles. The van der Waals surface area contributed by atoms with Crippen LogP contribution in [0.1, 0.15) is 18.4 Å². The number of carbonyl (C=O) groups is 1. The zero-order valence-corrected chi connectivity index (χ0v) is 14.3. The molecule has 25 heavy (non-hydrogen) atoms. The Labute approximate surface area is 147 Å². The first-order chi connectivity index (χ1) is 12.2. The SMILES string of the molecule is O=C(CN1CCC[C@@H](Cn2cncn2)C1)NCCc1ccc(F)cc1. The molecule has 1 N–H and O–H groups in total. The fourth-order valence-corrected chi connectivity index (χ4v) is 3.29. The highest BCUT2D eigenvalue weighted by molar-refractivity contribution is 5.78. The van der Waals surface area contributed by atoms with Gasteiger partial charge in [0.05, 0.1) is 6.54 Å². The average molecular weight is 345 g/mol. The topological polar surface area (TPSA) is 63.1 Å². The highest BCUT2D eigenvalue weighted by Crippen LogP contribution is 2.17. The molecular weight excluding hydrogens is 321 g/mol. The third-order valence-electron chi connectivity index (χ3n) is 4.53. The summed E-state index contributed by atoms with van der Waals surface area (Å²) < 4.78 is 14.7. The van der Waals surface area contributed by atoms with Gasteiger partial charge in [0.25, 0.3) is 0 Å². The lowest BCUT2D eigenvalue weighted by molar-refractivity contribution is -0.122. The van der Waals surface area contributed by atoms with Gasteiger partial charge in [-0.3, -0.25) is 14.4 Å². The number of benzene rings is 1. The summed E-state index contributed by atoms with van der Waals surface area (Å²) in [5.41, 5.74) is 1.02. The van der Waals surface area contributed by atoms with Crippen LogP contribution in [0.5, 0.6) is 0 Å². The number of halogens is 1. The third-order valence-corrected chi connectivity index (χ3v) is 4.53. The normalized spacial score (nSPS) is 18.2. The Morgan fingerprint density at radius 2 is 2.16 bits per heavy atom. The van der Waals surface area contributed by atoms with Crippen LogP contribution < -0.4 is 5.32 Å². The Morgan fingerprint density at radius 3 is 2.92 bits per heavy atom. The Bertz CT molecular complexity index is 659. The van der Waals surface area contributed by atoms with Gasteiger partial charge in [0.15, 0.2) is 0 Å². The number of aromatic nitrogens is 3. The monoisotopic (exact) mass is 345 g/mol. The Hall–Kier alpha value is -2.28. The van der Waals surface area contributed by atoms with E-state index in [4.69, 9.17) is 0 Å². The van der Waals surface area contributed by atoms with E-state index in [1.165, 1.54) is 12.1 Å². The molecule has 1 aliphatic rings. The van der Waals surface area contributed by atoms with Crippen molar-refractivity contribution in [1.29, 1.82) is 0 Å². The molecule has 0 bridgehead atoms. The Morgan fingerprint density at radius 1 is 1.32 bits per heavy atom. The van der Waals surface area contributed by atoms with E-state index in [1.807, 2.05) is 4.68 Å². The summed E-state index contributed by atoms with van der Waals surface area (Å²) in [6.45, 7) is 3.71. The van der Waals surface area contributed by atoms with Gasteiger partial charge < -0.3 is 5.32 Å². The lowest BCUT2D eigenvalue weighted by Crippen LogP contribution is -2.43. The van der Waals surface area contributed by atoms with E-state index in [-0.39, 0.29) is 11.7 Å². The molecule has 2 aromatic rings. The Kier molecular flexibility index (Phi) is 6.11. The number of amides is 1. The summed E-state index contributed by atoms with van der Waals surface area (Å²) in [6.07, 6.45) is 6.25. The average Bonchev–Trinajstić information content (AvgIpc) is 3.10. The minimum atomic E-state index is -0.238. The van der Waals surface area contributed by atoms with Crippen molar-refractivity contribution in [1.82, 2.24) is 25.0 Å². The lowest BCUT2D eigenvalue weighted by atomic mass is 9.98. The van der Waals surface area contributed by atoms with Gasteiger partial charge in [-0.1, -0.05) is 12.1 Å². The van der Waals surface area contributed by atoms with Crippen molar-refractivity contribution in [2.75, 3.05) is 26.2 Å². The second kappa shape index (κ2) is 8.71. The molecule has 6 nitrogen and oxygen atoms in total. The van der Waals surface area contributed by atoms with E-state index in [1.54, 1.807) is 24.8 Å². The molecule has 1 fully saturated rings. The standard InChI is InChI=1S/C18H24FN5O/c19-17-5-3-15(4-6-17)7-8-21-18(25)12-23-9-1-2-16(10-23)11-24-14-20-13-22-24/h3-6,13-14,16H,1-2,7-12H2,(H,21,25)/t16-/m1/s1. The number of likely N-dealkylation sites (tertiary alicyclic amines) is 1. The van der Waals surface area contributed by atoms with Crippen LogP contribution in [-0.2, 0) is 17.8 Å². The minimum Gasteiger partial charge on any atom is -0.355 e.